The van der Waals surface area contributed by atoms with Gasteiger partial charge in [0.2, 0.25) is 0 Å². The van der Waals surface area contributed by atoms with Crippen LogP contribution in [0.2, 0.25) is 0 Å². The van der Waals surface area contributed by atoms with Gasteiger partial charge in [0.25, 0.3) is 5.56 Å². The van der Waals surface area contributed by atoms with Crippen LogP contribution in [0.5, 0.6) is 0 Å². The molecule has 24 heavy (non-hydrogen) atoms. The highest BCUT2D eigenvalue weighted by molar-refractivity contribution is 7.71. The Bertz CT molecular complexity index is 1030. The summed E-state index contributed by atoms with van der Waals surface area (Å²) in [6.07, 6.45) is 0.960. The third-order valence-electron chi connectivity index (χ3n) is 4.00. The van der Waals surface area contributed by atoms with Crippen LogP contribution < -0.4 is 5.56 Å². The summed E-state index contributed by atoms with van der Waals surface area (Å²) >= 11 is 5.28. The first kappa shape index (κ1) is 16.1. The van der Waals surface area contributed by atoms with Gasteiger partial charge in [0.05, 0.1) is 23.0 Å². The molecule has 5 nitrogen and oxygen atoms in total. The lowest BCUT2D eigenvalue weighted by atomic mass is 10.1. The number of nitrogens with one attached hydrogen (secondary N) is 1. The zero-order valence-corrected chi connectivity index (χ0v) is 13.9. The Kier molecular flexibility index (Phi) is 4.31. The molecule has 0 aliphatic carbocycles. The first-order chi connectivity index (χ1) is 11.5. The molecule has 0 unspecified atom stereocenters. The molecule has 0 aliphatic rings. The summed E-state index contributed by atoms with van der Waals surface area (Å²) < 4.78 is 1.76. The summed E-state index contributed by atoms with van der Waals surface area (Å²) in [5, 5.41) is 9.47. The monoisotopic (exact) mass is 340 g/mol. The molecular weight excluding hydrogens is 324 g/mol. The summed E-state index contributed by atoms with van der Waals surface area (Å²) in [7, 11) is 0. The second-order valence-electron chi connectivity index (χ2n) is 5.56. The molecule has 0 saturated heterocycles. The number of aromatic nitrogens is 2. The fourth-order valence-corrected chi connectivity index (χ4v) is 2.85. The van der Waals surface area contributed by atoms with Crippen LogP contribution in [0.4, 0.5) is 0 Å². The van der Waals surface area contributed by atoms with Crippen molar-refractivity contribution in [1.29, 1.82) is 0 Å². The maximum atomic E-state index is 12.7. The van der Waals surface area contributed by atoms with E-state index in [1.807, 2.05) is 24.3 Å². The lowest BCUT2D eigenvalue weighted by molar-refractivity contribution is 0.0697. The number of H-pyrrole nitrogens is 1. The van der Waals surface area contributed by atoms with E-state index in [2.05, 4.69) is 11.9 Å². The number of aryl methyl sites for hydroxylation is 1. The Morgan fingerprint density at radius 1 is 1.17 bits per heavy atom. The first-order valence-corrected chi connectivity index (χ1v) is 7.98. The Hall–Kier alpha value is -2.73. The molecule has 0 radical (unpaired) electrons. The van der Waals surface area contributed by atoms with Gasteiger partial charge in [-0.15, -0.1) is 0 Å². The van der Waals surface area contributed by atoms with E-state index in [1.54, 1.807) is 0 Å². The maximum absolute atomic E-state index is 12.7. The standard InChI is InChI=1S/C18H16N2O3S/c1-2-11-3-5-12(6-4-11)10-20-16(21)14-8-7-13(17(22)23)9-15(14)19-18(20)24/h3-9H,2,10H2,1H3,(H,19,24)(H,22,23). The van der Waals surface area contributed by atoms with E-state index in [-0.39, 0.29) is 15.9 Å². The van der Waals surface area contributed by atoms with Crippen LogP contribution in [-0.2, 0) is 13.0 Å². The number of aromatic amines is 1. The molecule has 0 fully saturated rings. The molecule has 0 aliphatic heterocycles. The third kappa shape index (κ3) is 3.00. The van der Waals surface area contributed by atoms with E-state index in [0.29, 0.717) is 17.4 Å². The first-order valence-electron chi connectivity index (χ1n) is 7.57. The van der Waals surface area contributed by atoms with Crippen LogP contribution in [0.15, 0.2) is 47.3 Å². The van der Waals surface area contributed by atoms with E-state index in [9.17, 15) is 9.59 Å². The summed E-state index contributed by atoms with van der Waals surface area (Å²) in [4.78, 5) is 26.7. The number of carbonyl (C=O) groups is 1. The Labute approximate surface area is 143 Å². The average Bonchev–Trinajstić information content (AvgIpc) is 2.58. The van der Waals surface area contributed by atoms with Crippen molar-refractivity contribution in [3.8, 4) is 0 Å². The summed E-state index contributed by atoms with van der Waals surface area (Å²) in [5.74, 6) is -1.04. The van der Waals surface area contributed by atoms with Crippen molar-refractivity contribution in [2.75, 3.05) is 0 Å². The second-order valence-corrected chi connectivity index (χ2v) is 5.94. The number of hydrogen-bond donors (Lipinski definition) is 2. The molecule has 1 heterocycles. The molecule has 0 bridgehead atoms. The molecule has 2 N–H and O–H groups in total. The number of aromatic carboxylic acids is 1. The third-order valence-corrected chi connectivity index (χ3v) is 4.32. The molecule has 0 amide bonds. The highest BCUT2D eigenvalue weighted by Gasteiger charge is 2.09. The molecule has 2 aromatic carbocycles. The number of hydrogen-bond acceptors (Lipinski definition) is 3. The predicted molar refractivity (Wildman–Crippen MR) is 95.3 cm³/mol. The Morgan fingerprint density at radius 3 is 2.46 bits per heavy atom. The smallest absolute Gasteiger partial charge is 0.335 e. The SMILES string of the molecule is CCc1ccc(Cn2c(=S)[nH]c3cc(C(=O)O)ccc3c2=O)cc1. The molecule has 6 heteroatoms. The lowest BCUT2D eigenvalue weighted by Crippen LogP contribution is -2.23. The van der Waals surface area contributed by atoms with Gasteiger partial charge in [-0.3, -0.25) is 9.36 Å². The van der Waals surface area contributed by atoms with Crippen molar-refractivity contribution >= 4 is 29.1 Å². The molecule has 0 saturated carbocycles. The van der Waals surface area contributed by atoms with E-state index >= 15 is 0 Å². The number of benzene rings is 2. The Morgan fingerprint density at radius 2 is 1.83 bits per heavy atom. The molecular formula is C18H16N2O3S. The maximum Gasteiger partial charge on any atom is 0.335 e. The number of fused-ring (bicyclic) bond motifs is 1. The van der Waals surface area contributed by atoms with Crippen LogP contribution in [0.3, 0.4) is 0 Å². The van der Waals surface area contributed by atoms with Crippen LogP contribution in [-0.4, -0.2) is 20.6 Å². The topological polar surface area (TPSA) is 75.1 Å². The zero-order valence-electron chi connectivity index (χ0n) is 13.1. The van der Waals surface area contributed by atoms with Crippen molar-refractivity contribution in [2.45, 2.75) is 19.9 Å². The van der Waals surface area contributed by atoms with Gasteiger partial charge in [-0.1, -0.05) is 31.2 Å². The number of carboxylic acid groups (broad SMARTS) is 1. The largest absolute Gasteiger partial charge is 0.478 e. The van der Waals surface area contributed by atoms with Crippen molar-refractivity contribution in [1.82, 2.24) is 9.55 Å². The average molecular weight is 340 g/mol. The summed E-state index contributed by atoms with van der Waals surface area (Å²) in [6.45, 7) is 2.46. The van der Waals surface area contributed by atoms with Gasteiger partial charge < -0.3 is 10.1 Å². The fraction of sp³-hybridized carbons (Fsp3) is 0.167. The number of rotatable bonds is 4. The molecule has 0 atom stereocenters. The minimum atomic E-state index is -1.04. The minimum absolute atomic E-state index is 0.112. The zero-order chi connectivity index (χ0) is 17.3. The van der Waals surface area contributed by atoms with Crippen LogP contribution in [0.1, 0.15) is 28.4 Å². The van der Waals surface area contributed by atoms with E-state index < -0.39 is 5.97 Å². The highest BCUT2D eigenvalue weighted by atomic mass is 32.1. The van der Waals surface area contributed by atoms with Gasteiger partial charge >= 0.3 is 5.97 Å². The molecule has 3 rings (SSSR count). The van der Waals surface area contributed by atoms with E-state index in [1.165, 1.54) is 28.3 Å². The van der Waals surface area contributed by atoms with E-state index in [4.69, 9.17) is 17.3 Å². The predicted octanol–water partition coefficient (Wildman–Crippen LogP) is 3.37. The van der Waals surface area contributed by atoms with Gasteiger partial charge in [0.15, 0.2) is 4.77 Å². The minimum Gasteiger partial charge on any atom is -0.478 e. The summed E-state index contributed by atoms with van der Waals surface area (Å²) in [6, 6.07) is 12.4. The molecule has 1 aromatic heterocycles. The fourth-order valence-electron chi connectivity index (χ4n) is 2.59. The number of nitrogens with zero attached hydrogens (tertiary/aromatic N) is 1. The molecule has 3 aromatic rings. The normalized spacial score (nSPS) is 10.9. The van der Waals surface area contributed by atoms with Gasteiger partial charge in [0.1, 0.15) is 0 Å². The van der Waals surface area contributed by atoms with Gasteiger partial charge in [-0.05, 0) is 48.0 Å². The van der Waals surface area contributed by atoms with Crippen LogP contribution in [0, 0.1) is 4.77 Å². The molecule has 122 valence electrons. The lowest BCUT2D eigenvalue weighted by Gasteiger charge is -2.09. The van der Waals surface area contributed by atoms with Crippen molar-refractivity contribution in [3.63, 3.8) is 0 Å². The van der Waals surface area contributed by atoms with Crippen LogP contribution >= 0.6 is 12.2 Å². The van der Waals surface area contributed by atoms with Gasteiger partial charge in [0, 0.05) is 0 Å². The Balaban J connectivity index is 2.08. The quantitative estimate of drug-likeness (QED) is 0.714. The van der Waals surface area contributed by atoms with Crippen molar-refractivity contribution in [3.05, 3.63) is 74.3 Å². The van der Waals surface area contributed by atoms with Crippen molar-refractivity contribution in [2.24, 2.45) is 0 Å². The number of carboxylic acids is 1. The van der Waals surface area contributed by atoms with Gasteiger partial charge in [-0.2, -0.15) is 0 Å². The summed E-state index contributed by atoms with van der Waals surface area (Å²) in [5.41, 5.74) is 2.53. The second kappa shape index (κ2) is 6.41. The molecule has 0 spiro atoms. The van der Waals surface area contributed by atoms with Gasteiger partial charge in [-0.25, -0.2) is 4.79 Å². The van der Waals surface area contributed by atoms with Crippen LogP contribution in [0.25, 0.3) is 10.9 Å². The highest BCUT2D eigenvalue weighted by Crippen LogP contribution is 2.12. The van der Waals surface area contributed by atoms with E-state index in [0.717, 1.165) is 12.0 Å². The van der Waals surface area contributed by atoms with Crippen molar-refractivity contribution < 1.29 is 9.90 Å².